The van der Waals surface area contributed by atoms with Crippen LogP contribution < -0.4 is 10.1 Å². The summed E-state index contributed by atoms with van der Waals surface area (Å²) in [4.78, 5) is 20.9. The van der Waals surface area contributed by atoms with Gasteiger partial charge in [0.15, 0.2) is 11.6 Å². The molecule has 2 N–H and O–H groups in total. The number of aromatic amines is 1. The van der Waals surface area contributed by atoms with E-state index in [0.717, 1.165) is 34.6 Å². The molecule has 1 aliphatic carbocycles. The molecule has 1 atom stereocenters. The lowest BCUT2D eigenvalue weighted by molar-refractivity contribution is 0.0953. The molecule has 7 heteroatoms. The van der Waals surface area contributed by atoms with Gasteiger partial charge in [0.05, 0.1) is 29.4 Å². The highest BCUT2D eigenvalue weighted by Crippen LogP contribution is 2.33. The largest absolute Gasteiger partial charge is 0.497 e. The van der Waals surface area contributed by atoms with Crippen LogP contribution in [0.3, 0.4) is 0 Å². The maximum Gasteiger partial charge on any atom is 0.229 e. The Morgan fingerprint density at radius 1 is 1.14 bits per heavy atom. The van der Waals surface area contributed by atoms with Crippen molar-refractivity contribution in [3.63, 3.8) is 0 Å². The number of benzene rings is 2. The number of carbonyl (C=O) groups is 1. The monoisotopic (exact) mass is 387 g/mol. The van der Waals surface area contributed by atoms with E-state index in [0.29, 0.717) is 23.8 Å². The average Bonchev–Trinajstić information content (AvgIpc) is 3.30. The van der Waals surface area contributed by atoms with Crippen molar-refractivity contribution in [3.05, 3.63) is 59.8 Å². The Labute approximate surface area is 167 Å². The van der Waals surface area contributed by atoms with Crippen molar-refractivity contribution < 1.29 is 9.53 Å². The molecular formula is C22H21N5O2. The number of Topliss-reactive ketones (excluding diaryl/α,β-unsaturated/α-hetero) is 1. The van der Waals surface area contributed by atoms with E-state index in [1.807, 2.05) is 48.5 Å². The van der Waals surface area contributed by atoms with Crippen molar-refractivity contribution in [2.75, 3.05) is 12.4 Å². The predicted molar refractivity (Wildman–Crippen MR) is 111 cm³/mol. The van der Waals surface area contributed by atoms with E-state index in [1.165, 1.54) is 0 Å². The van der Waals surface area contributed by atoms with Gasteiger partial charge < -0.3 is 15.0 Å². The fraction of sp³-hybridized carbons (Fsp3) is 0.227. The molecule has 0 bridgehead atoms. The summed E-state index contributed by atoms with van der Waals surface area (Å²) >= 11 is 0. The second-order valence-electron chi connectivity index (χ2n) is 7.45. The zero-order valence-corrected chi connectivity index (χ0v) is 16.3. The first-order valence-corrected chi connectivity index (χ1v) is 9.63. The van der Waals surface area contributed by atoms with Crippen LogP contribution in [0, 0.1) is 5.92 Å². The van der Waals surface area contributed by atoms with Crippen LogP contribution in [0.5, 0.6) is 5.75 Å². The maximum atomic E-state index is 12.9. The maximum absolute atomic E-state index is 12.9. The lowest BCUT2D eigenvalue weighted by atomic mass is 9.88. The number of nitrogens with one attached hydrogen (secondary N) is 2. The Morgan fingerprint density at radius 2 is 1.93 bits per heavy atom. The van der Waals surface area contributed by atoms with Crippen molar-refractivity contribution in [3.8, 4) is 11.7 Å². The van der Waals surface area contributed by atoms with Gasteiger partial charge in [-0.3, -0.25) is 4.79 Å². The fourth-order valence-electron chi connectivity index (χ4n) is 3.87. The van der Waals surface area contributed by atoms with Gasteiger partial charge in [-0.25, -0.2) is 9.67 Å². The molecule has 2 heterocycles. The summed E-state index contributed by atoms with van der Waals surface area (Å²) in [5, 5.41) is 8.04. The molecular weight excluding hydrogens is 366 g/mol. The zero-order valence-electron chi connectivity index (χ0n) is 16.3. The van der Waals surface area contributed by atoms with E-state index in [9.17, 15) is 4.79 Å². The molecule has 5 rings (SSSR count). The number of hydrogen-bond donors (Lipinski definition) is 2. The summed E-state index contributed by atoms with van der Waals surface area (Å²) in [5.41, 5.74) is 4.19. The zero-order chi connectivity index (χ0) is 20.0. The Balaban J connectivity index is 1.61. The molecule has 2 aromatic carbocycles. The minimum Gasteiger partial charge on any atom is -0.497 e. The number of H-pyrrole nitrogens is 1. The Bertz CT molecular complexity index is 1170. The first-order valence-electron chi connectivity index (χ1n) is 9.63. The first kappa shape index (κ1) is 17.5. The van der Waals surface area contributed by atoms with Crippen molar-refractivity contribution in [1.29, 1.82) is 0 Å². The van der Waals surface area contributed by atoms with Crippen molar-refractivity contribution >= 4 is 28.3 Å². The summed E-state index contributed by atoms with van der Waals surface area (Å²) in [6.07, 6.45) is 1.30. The fourth-order valence-corrected chi connectivity index (χ4v) is 3.87. The number of carbonyl (C=O) groups excluding carboxylic acids is 1. The molecule has 146 valence electrons. The van der Waals surface area contributed by atoms with Crippen LogP contribution in [0.4, 0.5) is 11.5 Å². The predicted octanol–water partition coefficient (Wildman–Crippen LogP) is 4.27. The van der Waals surface area contributed by atoms with Crippen LogP contribution >= 0.6 is 0 Å². The SMILES string of the molecule is COc1ccc(Nc2nn(-c3nc4ccccc4[nH]3)c3c2C(=O)CC(C)C3)cc1. The van der Waals surface area contributed by atoms with E-state index in [1.54, 1.807) is 11.8 Å². The van der Waals surface area contributed by atoms with Gasteiger partial charge in [-0.05, 0) is 48.7 Å². The van der Waals surface area contributed by atoms with Gasteiger partial charge in [0, 0.05) is 12.1 Å². The summed E-state index contributed by atoms with van der Waals surface area (Å²) in [6.45, 7) is 2.09. The minimum atomic E-state index is 0.108. The molecule has 0 fully saturated rings. The van der Waals surface area contributed by atoms with Crippen LogP contribution in [-0.2, 0) is 6.42 Å². The second kappa shape index (κ2) is 6.77. The molecule has 0 amide bonds. The molecule has 0 radical (unpaired) electrons. The van der Waals surface area contributed by atoms with E-state index in [4.69, 9.17) is 9.84 Å². The second-order valence-corrected chi connectivity index (χ2v) is 7.45. The smallest absolute Gasteiger partial charge is 0.229 e. The van der Waals surface area contributed by atoms with Crippen molar-refractivity contribution in [2.24, 2.45) is 5.92 Å². The molecule has 1 unspecified atom stereocenters. The third kappa shape index (κ3) is 3.04. The van der Waals surface area contributed by atoms with E-state index >= 15 is 0 Å². The lowest BCUT2D eigenvalue weighted by Gasteiger charge is -2.18. The molecule has 0 saturated carbocycles. The van der Waals surface area contributed by atoms with Gasteiger partial charge in [0.25, 0.3) is 0 Å². The number of aromatic nitrogens is 4. The molecule has 0 aliphatic heterocycles. The molecule has 1 aliphatic rings. The number of imidazole rings is 1. The highest BCUT2D eigenvalue weighted by Gasteiger charge is 2.31. The number of rotatable bonds is 4. The van der Waals surface area contributed by atoms with Crippen LogP contribution in [0.2, 0.25) is 0 Å². The van der Waals surface area contributed by atoms with Crippen molar-refractivity contribution in [2.45, 2.75) is 19.8 Å². The van der Waals surface area contributed by atoms with Crippen LogP contribution in [-0.4, -0.2) is 32.6 Å². The average molecular weight is 387 g/mol. The van der Waals surface area contributed by atoms with Crippen LogP contribution in [0.25, 0.3) is 17.0 Å². The number of ketones is 1. The van der Waals surface area contributed by atoms with E-state index < -0.39 is 0 Å². The van der Waals surface area contributed by atoms with Gasteiger partial charge in [-0.15, -0.1) is 5.10 Å². The summed E-state index contributed by atoms with van der Waals surface area (Å²) < 4.78 is 6.99. The molecule has 7 nitrogen and oxygen atoms in total. The number of para-hydroxylation sites is 2. The first-order chi connectivity index (χ1) is 14.1. The van der Waals surface area contributed by atoms with Gasteiger partial charge in [-0.2, -0.15) is 0 Å². The minimum absolute atomic E-state index is 0.108. The standard InChI is InChI=1S/C22H21N5O2/c1-13-11-18-20(19(28)12-13)21(23-14-7-9-15(29-2)10-8-14)26-27(18)22-24-16-5-3-4-6-17(16)25-22/h3-10,13H,11-12H2,1-2H3,(H,23,26)(H,24,25). The molecule has 0 saturated heterocycles. The summed E-state index contributed by atoms with van der Waals surface area (Å²) in [7, 11) is 1.63. The number of hydrogen-bond acceptors (Lipinski definition) is 5. The van der Waals surface area contributed by atoms with E-state index in [-0.39, 0.29) is 11.7 Å². The molecule has 4 aromatic rings. The molecule has 0 spiro atoms. The topological polar surface area (TPSA) is 84.8 Å². The number of nitrogens with zero attached hydrogens (tertiary/aromatic N) is 3. The lowest BCUT2D eigenvalue weighted by Crippen LogP contribution is -2.20. The third-order valence-corrected chi connectivity index (χ3v) is 5.27. The number of anilines is 2. The van der Waals surface area contributed by atoms with Crippen molar-refractivity contribution in [1.82, 2.24) is 19.7 Å². The van der Waals surface area contributed by atoms with Gasteiger partial charge in [0.2, 0.25) is 5.95 Å². The van der Waals surface area contributed by atoms with Crippen LogP contribution in [0.1, 0.15) is 29.4 Å². The third-order valence-electron chi connectivity index (χ3n) is 5.27. The molecule has 29 heavy (non-hydrogen) atoms. The summed E-state index contributed by atoms with van der Waals surface area (Å²) in [5.74, 6) is 2.32. The van der Waals surface area contributed by atoms with E-state index in [2.05, 4.69) is 22.2 Å². The number of ether oxygens (including phenoxy) is 1. The number of methoxy groups -OCH3 is 1. The van der Waals surface area contributed by atoms with Gasteiger partial charge in [-0.1, -0.05) is 19.1 Å². The molecule has 2 aromatic heterocycles. The normalized spacial score (nSPS) is 16.1. The Morgan fingerprint density at radius 3 is 2.69 bits per heavy atom. The Kier molecular flexibility index (Phi) is 4.08. The van der Waals surface area contributed by atoms with Gasteiger partial charge in [0.1, 0.15) is 5.75 Å². The Hall–Kier alpha value is -3.61. The quantitative estimate of drug-likeness (QED) is 0.546. The number of fused-ring (bicyclic) bond motifs is 2. The summed E-state index contributed by atoms with van der Waals surface area (Å²) in [6, 6.07) is 15.4. The van der Waals surface area contributed by atoms with Crippen LogP contribution in [0.15, 0.2) is 48.5 Å². The highest BCUT2D eigenvalue weighted by molar-refractivity contribution is 6.03. The highest BCUT2D eigenvalue weighted by atomic mass is 16.5. The van der Waals surface area contributed by atoms with Gasteiger partial charge >= 0.3 is 0 Å².